The Hall–Kier alpha value is -2.43. The summed E-state index contributed by atoms with van der Waals surface area (Å²) >= 11 is 0. The standard InChI is InChI=1S/C18H22N2O3/c1-4-23-17(21)12-16(11-15-8-6-5-7-9-15)18(22)20-14(3)10-13(2)19-20/h5-10,16H,4,11-12H2,1-3H3. The lowest BCUT2D eigenvalue weighted by atomic mass is 9.95. The Kier molecular flexibility index (Phi) is 5.68. The van der Waals surface area contributed by atoms with Gasteiger partial charge in [-0.1, -0.05) is 30.3 Å². The van der Waals surface area contributed by atoms with Crippen molar-refractivity contribution >= 4 is 11.9 Å². The van der Waals surface area contributed by atoms with E-state index in [1.165, 1.54) is 4.68 Å². The summed E-state index contributed by atoms with van der Waals surface area (Å²) in [6, 6.07) is 11.5. The van der Waals surface area contributed by atoms with Gasteiger partial charge in [0, 0.05) is 5.69 Å². The summed E-state index contributed by atoms with van der Waals surface area (Å²) in [5.41, 5.74) is 2.57. The molecular formula is C18H22N2O3. The normalized spacial score (nSPS) is 12.0. The van der Waals surface area contributed by atoms with E-state index < -0.39 is 5.92 Å². The molecule has 2 aromatic rings. The highest BCUT2D eigenvalue weighted by Crippen LogP contribution is 2.17. The van der Waals surface area contributed by atoms with Crippen LogP contribution in [0.2, 0.25) is 0 Å². The van der Waals surface area contributed by atoms with Crippen molar-refractivity contribution in [2.75, 3.05) is 6.61 Å². The van der Waals surface area contributed by atoms with E-state index in [0.717, 1.165) is 17.0 Å². The Labute approximate surface area is 136 Å². The molecule has 1 atom stereocenters. The van der Waals surface area contributed by atoms with Crippen molar-refractivity contribution in [2.45, 2.75) is 33.6 Å². The summed E-state index contributed by atoms with van der Waals surface area (Å²) in [4.78, 5) is 24.7. The van der Waals surface area contributed by atoms with Gasteiger partial charge in [-0.15, -0.1) is 0 Å². The van der Waals surface area contributed by atoms with Gasteiger partial charge in [0.15, 0.2) is 0 Å². The van der Waals surface area contributed by atoms with Crippen molar-refractivity contribution < 1.29 is 14.3 Å². The topological polar surface area (TPSA) is 61.2 Å². The van der Waals surface area contributed by atoms with Gasteiger partial charge in [0.1, 0.15) is 0 Å². The van der Waals surface area contributed by atoms with Gasteiger partial charge in [-0.3, -0.25) is 9.59 Å². The summed E-state index contributed by atoms with van der Waals surface area (Å²) in [6.45, 7) is 5.74. The van der Waals surface area contributed by atoms with Crippen LogP contribution in [0.1, 0.15) is 35.1 Å². The van der Waals surface area contributed by atoms with Gasteiger partial charge in [-0.25, -0.2) is 4.68 Å². The molecule has 1 aromatic carbocycles. The van der Waals surface area contributed by atoms with Crippen molar-refractivity contribution in [1.82, 2.24) is 9.78 Å². The first-order chi connectivity index (χ1) is 11.0. The Morgan fingerprint density at radius 3 is 2.48 bits per heavy atom. The molecule has 1 unspecified atom stereocenters. The Bertz CT molecular complexity index is 677. The Balaban J connectivity index is 2.23. The molecule has 0 bridgehead atoms. The Morgan fingerprint density at radius 2 is 1.91 bits per heavy atom. The van der Waals surface area contributed by atoms with Crippen molar-refractivity contribution in [2.24, 2.45) is 5.92 Å². The number of ether oxygens (including phenoxy) is 1. The molecule has 0 aliphatic rings. The van der Waals surface area contributed by atoms with Crippen LogP contribution >= 0.6 is 0 Å². The number of aryl methyl sites for hydroxylation is 2. The van der Waals surface area contributed by atoms with Gasteiger partial charge in [0.05, 0.1) is 24.6 Å². The molecule has 2 rings (SSSR count). The number of carbonyl (C=O) groups is 2. The number of hydrogen-bond acceptors (Lipinski definition) is 4. The fourth-order valence-electron chi connectivity index (χ4n) is 2.59. The van der Waals surface area contributed by atoms with Crippen LogP contribution in [0.5, 0.6) is 0 Å². The first-order valence-electron chi connectivity index (χ1n) is 7.78. The molecule has 0 spiro atoms. The highest BCUT2D eigenvalue weighted by Gasteiger charge is 2.26. The number of benzene rings is 1. The minimum atomic E-state index is -0.491. The van der Waals surface area contributed by atoms with E-state index in [2.05, 4.69) is 5.10 Å². The molecule has 0 N–H and O–H groups in total. The minimum absolute atomic E-state index is 0.0555. The number of aromatic nitrogens is 2. The number of esters is 1. The van der Waals surface area contributed by atoms with Crippen LogP contribution in [0.15, 0.2) is 36.4 Å². The van der Waals surface area contributed by atoms with E-state index in [-0.39, 0.29) is 18.3 Å². The molecule has 5 heteroatoms. The maximum atomic E-state index is 12.8. The number of rotatable bonds is 6. The van der Waals surface area contributed by atoms with Gasteiger partial charge in [0.25, 0.3) is 5.91 Å². The zero-order valence-corrected chi connectivity index (χ0v) is 13.8. The summed E-state index contributed by atoms with van der Waals surface area (Å²) in [5, 5.41) is 4.24. The zero-order chi connectivity index (χ0) is 16.8. The van der Waals surface area contributed by atoms with Crippen LogP contribution in [0.25, 0.3) is 0 Å². The minimum Gasteiger partial charge on any atom is -0.466 e. The fraction of sp³-hybridized carbons (Fsp3) is 0.389. The Morgan fingerprint density at radius 1 is 1.22 bits per heavy atom. The molecule has 1 aromatic heterocycles. The summed E-state index contributed by atoms with van der Waals surface area (Å²) < 4.78 is 6.40. The molecule has 1 heterocycles. The van der Waals surface area contributed by atoms with Crippen molar-refractivity contribution in [1.29, 1.82) is 0 Å². The van der Waals surface area contributed by atoms with Gasteiger partial charge < -0.3 is 4.74 Å². The number of hydrogen-bond donors (Lipinski definition) is 0. The van der Waals surface area contributed by atoms with Gasteiger partial charge in [0.2, 0.25) is 0 Å². The van der Waals surface area contributed by atoms with Crippen LogP contribution < -0.4 is 0 Å². The molecule has 122 valence electrons. The second kappa shape index (κ2) is 7.72. The molecule has 5 nitrogen and oxygen atoms in total. The molecule has 0 saturated carbocycles. The van der Waals surface area contributed by atoms with Crippen LogP contribution in [0.3, 0.4) is 0 Å². The lowest BCUT2D eigenvalue weighted by molar-refractivity contribution is -0.143. The van der Waals surface area contributed by atoms with Crippen LogP contribution in [0, 0.1) is 19.8 Å². The first kappa shape index (κ1) is 16.9. The molecule has 23 heavy (non-hydrogen) atoms. The van der Waals surface area contributed by atoms with Crippen molar-refractivity contribution in [3.8, 4) is 0 Å². The highest BCUT2D eigenvalue weighted by molar-refractivity contribution is 5.85. The fourth-order valence-corrected chi connectivity index (χ4v) is 2.59. The largest absolute Gasteiger partial charge is 0.466 e. The van der Waals surface area contributed by atoms with E-state index in [1.807, 2.05) is 50.2 Å². The van der Waals surface area contributed by atoms with Crippen molar-refractivity contribution in [3.63, 3.8) is 0 Å². The number of nitrogens with zero attached hydrogens (tertiary/aromatic N) is 2. The third-order valence-corrected chi connectivity index (χ3v) is 3.61. The van der Waals surface area contributed by atoms with E-state index in [4.69, 9.17) is 4.74 Å². The van der Waals surface area contributed by atoms with E-state index in [1.54, 1.807) is 6.92 Å². The monoisotopic (exact) mass is 314 g/mol. The van der Waals surface area contributed by atoms with Crippen LogP contribution in [0.4, 0.5) is 0 Å². The van der Waals surface area contributed by atoms with E-state index in [0.29, 0.717) is 13.0 Å². The quantitative estimate of drug-likeness (QED) is 0.769. The van der Waals surface area contributed by atoms with Gasteiger partial charge in [-0.2, -0.15) is 5.10 Å². The average molecular weight is 314 g/mol. The predicted molar refractivity (Wildman–Crippen MR) is 87.2 cm³/mol. The second-order valence-electron chi connectivity index (χ2n) is 5.57. The SMILES string of the molecule is CCOC(=O)CC(Cc1ccccc1)C(=O)n1nc(C)cc1C. The average Bonchev–Trinajstić information content (AvgIpc) is 2.86. The molecule has 0 amide bonds. The summed E-state index contributed by atoms with van der Waals surface area (Å²) in [5.74, 6) is -1.02. The second-order valence-corrected chi connectivity index (χ2v) is 5.57. The smallest absolute Gasteiger partial charge is 0.306 e. The maximum absolute atomic E-state index is 12.8. The first-order valence-corrected chi connectivity index (χ1v) is 7.78. The van der Waals surface area contributed by atoms with E-state index in [9.17, 15) is 9.59 Å². The lowest BCUT2D eigenvalue weighted by Gasteiger charge is -2.16. The van der Waals surface area contributed by atoms with Crippen LogP contribution in [-0.2, 0) is 16.0 Å². The lowest BCUT2D eigenvalue weighted by Crippen LogP contribution is -2.28. The molecular weight excluding hydrogens is 292 g/mol. The molecule has 0 fully saturated rings. The van der Waals surface area contributed by atoms with Gasteiger partial charge in [-0.05, 0) is 38.8 Å². The molecule has 0 aliphatic heterocycles. The zero-order valence-electron chi connectivity index (χ0n) is 13.8. The number of carbonyl (C=O) groups excluding carboxylic acids is 2. The highest BCUT2D eigenvalue weighted by atomic mass is 16.5. The predicted octanol–water partition coefficient (Wildman–Crippen LogP) is 2.95. The third kappa shape index (κ3) is 4.52. The molecule has 0 aliphatic carbocycles. The van der Waals surface area contributed by atoms with Crippen molar-refractivity contribution in [3.05, 3.63) is 53.3 Å². The van der Waals surface area contributed by atoms with E-state index >= 15 is 0 Å². The molecule has 0 saturated heterocycles. The molecule has 0 radical (unpaired) electrons. The van der Waals surface area contributed by atoms with Crippen LogP contribution in [-0.4, -0.2) is 28.3 Å². The third-order valence-electron chi connectivity index (χ3n) is 3.61. The summed E-state index contributed by atoms with van der Waals surface area (Å²) in [6.07, 6.45) is 0.538. The van der Waals surface area contributed by atoms with Gasteiger partial charge >= 0.3 is 5.97 Å². The maximum Gasteiger partial charge on any atom is 0.306 e. The summed E-state index contributed by atoms with van der Waals surface area (Å²) in [7, 11) is 0.